The van der Waals surface area contributed by atoms with Gasteiger partial charge in [-0.2, -0.15) is 0 Å². The van der Waals surface area contributed by atoms with Crippen molar-refractivity contribution >= 4 is 33.9 Å². The van der Waals surface area contributed by atoms with Crippen LogP contribution in [0.3, 0.4) is 0 Å². The fraction of sp³-hybridized carbons (Fsp3) is 0.0800. The number of amides is 1. The molecule has 0 aliphatic heterocycles. The van der Waals surface area contributed by atoms with Crippen molar-refractivity contribution in [3.63, 3.8) is 0 Å². The number of nitrogens with one attached hydrogen (secondary N) is 1. The van der Waals surface area contributed by atoms with Gasteiger partial charge in [-0.15, -0.1) is 0 Å². The first kappa shape index (κ1) is 19.6. The molecule has 7 heteroatoms. The van der Waals surface area contributed by atoms with Crippen LogP contribution in [0, 0.1) is 0 Å². The van der Waals surface area contributed by atoms with E-state index in [-0.39, 0.29) is 11.1 Å². The van der Waals surface area contributed by atoms with Gasteiger partial charge < -0.3 is 13.7 Å². The molecule has 0 aliphatic rings. The van der Waals surface area contributed by atoms with E-state index < -0.39 is 11.5 Å². The van der Waals surface area contributed by atoms with Gasteiger partial charge in [-0.1, -0.05) is 42.5 Å². The standard InChI is InChI=1S/C25H19N3O4/c1-31-17-11-12-18-19(14-23(29)32-22(18)13-17)24(30)27-25-26-20-9-5-6-10-21(20)28(25)15-16-7-3-2-4-8-16/h2-14H,15H2,1H3,(H,26,27,30). The van der Waals surface area contributed by atoms with Crippen molar-refractivity contribution in [1.82, 2.24) is 9.55 Å². The SMILES string of the molecule is COc1ccc2c(C(=O)Nc3nc4ccccc4n3Cc3ccccc3)cc(=O)oc2c1. The smallest absolute Gasteiger partial charge is 0.337 e. The third-order valence-corrected chi connectivity index (χ3v) is 5.26. The van der Waals surface area contributed by atoms with E-state index in [9.17, 15) is 9.59 Å². The average molecular weight is 425 g/mol. The number of methoxy groups -OCH3 is 1. The normalized spacial score (nSPS) is 11.0. The van der Waals surface area contributed by atoms with Gasteiger partial charge in [0, 0.05) is 17.5 Å². The number of fused-ring (bicyclic) bond motifs is 2. The maximum absolute atomic E-state index is 13.2. The number of ether oxygens (including phenoxy) is 1. The minimum Gasteiger partial charge on any atom is -0.497 e. The second kappa shape index (κ2) is 8.03. The van der Waals surface area contributed by atoms with Gasteiger partial charge in [-0.3, -0.25) is 10.1 Å². The molecule has 32 heavy (non-hydrogen) atoms. The van der Waals surface area contributed by atoms with Crippen LogP contribution < -0.4 is 15.7 Å². The van der Waals surface area contributed by atoms with E-state index in [1.165, 1.54) is 13.2 Å². The summed E-state index contributed by atoms with van der Waals surface area (Å²) >= 11 is 0. The first-order valence-electron chi connectivity index (χ1n) is 10.0. The Labute approximate surface area is 182 Å². The van der Waals surface area contributed by atoms with E-state index in [0.29, 0.717) is 23.6 Å². The lowest BCUT2D eigenvalue weighted by molar-refractivity contribution is 0.102. The Morgan fingerprint density at radius 3 is 2.62 bits per heavy atom. The summed E-state index contributed by atoms with van der Waals surface area (Å²) in [6, 6.07) is 23.8. The summed E-state index contributed by atoms with van der Waals surface area (Å²) in [6.45, 7) is 0.534. The van der Waals surface area contributed by atoms with Crippen molar-refractivity contribution in [2.24, 2.45) is 0 Å². The molecule has 0 fully saturated rings. The van der Waals surface area contributed by atoms with Crippen LogP contribution in [0.1, 0.15) is 15.9 Å². The highest BCUT2D eigenvalue weighted by atomic mass is 16.5. The van der Waals surface area contributed by atoms with E-state index in [0.717, 1.165) is 16.6 Å². The number of aromatic nitrogens is 2. The Kier molecular flexibility index (Phi) is 4.91. The predicted molar refractivity (Wildman–Crippen MR) is 122 cm³/mol. The van der Waals surface area contributed by atoms with Gasteiger partial charge in [-0.05, 0) is 29.8 Å². The Bertz CT molecular complexity index is 1500. The largest absolute Gasteiger partial charge is 0.497 e. The second-order valence-electron chi connectivity index (χ2n) is 7.29. The minimum absolute atomic E-state index is 0.206. The summed E-state index contributed by atoms with van der Waals surface area (Å²) in [4.78, 5) is 30.0. The average Bonchev–Trinajstić information content (AvgIpc) is 3.15. The van der Waals surface area contributed by atoms with Crippen LogP contribution >= 0.6 is 0 Å². The monoisotopic (exact) mass is 425 g/mol. The molecule has 0 aliphatic carbocycles. The highest BCUT2D eigenvalue weighted by Crippen LogP contribution is 2.25. The van der Waals surface area contributed by atoms with Crippen LogP contribution in [-0.2, 0) is 6.54 Å². The Morgan fingerprint density at radius 2 is 1.81 bits per heavy atom. The van der Waals surface area contributed by atoms with Crippen molar-refractivity contribution in [3.05, 3.63) is 100 Å². The van der Waals surface area contributed by atoms with Crippen molar-refractivity contribution in [3.8, 4) is 5.75 Å². The van der Waals surface area contributed by atoms with Crippen LogP contribution in [0.25, 0.3) is 22.0 Å². The Morgan fingerprint density at radius 1 is 1.03 bits per heavy atom. The third-order valence-electron chi connectivity index (χ3n) is 5.26. The predicted octanol–water partition coefficient (Wildman–Crippen LogP) is 4.45. The number of hydrogen-bond donors (Lipinski definition) is 1. The molecule has 2 heterocycles. The number of benzene rings is 3. The second-order valence-corrected chi connectivity index (χ2v) is 7.29. The Balaban J connectivity index is 1.57. The number of carbonyl (C=O) groups is 1. The summed E-state index contributed by atoms with van der Waals surface area (Å²) in [5.74, 6) is 0.482. The van der Waals surface area contributed by atoms with Crippen LogP contribution in [0.15, 0.2) is 88.1 Å². The van der Waals surface area contributed by atoms with Crippen molar-refractivity contribution in [2.45, 2.75) is 6.54 Å². The number of anilines is 1. The molecule has 7 nitrogen and oxygen atoms in total. The highest BCUT2D eigenvalue weighted by molar-refractivity contribution is 6.11. The lowest BCUT2D eigenvalue weighted by Crippen LogP contribution is -2.18. The summed E-state index contributed by atoms with van der Waals surface area (Å²) < 4.78 is 12.4. The zero-order valence-electron chi connectivity index (χ0n) is 17.2. The van der Waals surface area contributed by atoms with Gasteiger partial charge in [0.15, 0.2) is 0 Å². The van der Waals surface area contributed by atoms with Crippen molar-refractivity contribution in [2.75, 3.05) is 12.4 Å². The molecule has 0 bridgehead atoms. The van der Waals surface area contributed by atoms with E-state index in [1.807, 2.05) is 59.2 Å². The van der Waals surface area contributed by atoms with Gasteiger partial charge in [0.25, 0.3) is 5.91 Å². The first-order valence-corrected chi connectivity index (χ1v) is 10.0. The summed E-state index contributed by atoms with van der Waals surface area (Å²) in [6.07, 6.45) is 0. The molecular formula is C25H19N3O4. The quantitative estimate of drug-likeness (QED) is 0.421. The molecule has 1 N–H and O–H groups in total. The van der Waals surface area contributed by atoms with Crippen LogP contribution in [-0.4, -0.2) is 22.6 Å². The third kappa shape index (κ3) is 3.60. The Hall–Kier alpha value is -4.39. The highest BCUT2D eigenvalue weighted by Gasteiger charge is 2.18. The molecule has 0 saturated carbocycles. The number of imidazole rings is 1. The number of carbonyl (C=O) groups excluding carboxylic acids is 1. The van der Waals surface area contributed by atoms with Gasteiger partial charge in [0.1, 0.15) is 11.3 Å². The maximum Gasteiger partial charge on any atom is 0.337 e. The minimum atomic E-state index is -0.617. The number of hydrogen-bond acceptors (Lipinski definition) is 5. The molecular weight excluding hydrogens is 406 g/mol. The molecule has 5 aromatic rings. The van der Waals surface area contributed by atoms with Gasteiger partial charge in [0.05, 0.1) is 30.3 Å². The topological polar surface area (TPSA) is 86.4 Å². The van der Waals surface area contributed by atoms with Gasteiger partial charge in [-0.25, -0.2) is 9.78 Å². The molecule has 0 radical (unpaired) electrons. The van der Waals surface area contributed by atoms with E-state index >= 15 is 0 Å². The fourth-order valence-electron chi connectivity index (χ4n) is 3.72. The van der Waals surface area contributed by atoms with Gasteiger partial charge in [0.2, 0.25) is 5.95 Å². The molecule has 1 amide bonds. The summed E-state index contributed by atoms with van der Waals surface area (Å²) in [5.41, 5.74) is 2.60. The molecule has 5 rings (SSSR count). The maximum atomic E-state index is 13.2. The number of nitrogens with zero attached hydrogens (tertiary/aromatic N) is 2. The van der Waals surface area contributed by atoms with Gasteiger partial charge >= 0.3 is 5.63 Å². The molecule has 158 valence electrons. The zero-order chi connectivity index (χ0) is 22.1. The number of para-hydroxylation sites is 2. The van der Waals surface area contributed by atoms with Crippen LogP contribution in [0.5, 0.6) is 5.75 Å². The molecule has 2 aromatic heterocycles. The summed E-state index contributed by atoms with van der Waals surface area (Å²) in [5, 5.41) is 3.39. The molecule has 0 saturated heterocycles. The zero-order valence-corrected chi connectivity index (χ0v) is 17.2. The van der Waals surface area contributed by atoms with Crippen molar-refractivity contribution in [1.29, 1.82) is 0 Å². The molecule has 3 aromatic carbocycles. The lowest BCUT2D eigenvalue weighted by atomic mass is 10.1. The molecule has 0 unspecified atom stereocenters. The van der Waals surface area contributed by atoms with E-state index in [2.05, 4.69) is 10.3 Å². The number of rotatable bonds is 5. The fourth-order valence-corrected chi connectivity index (χ4v) is 3.72. The lowest BCUT2D eigenvalue weighted by Gasteiger charge is -2.11. The summed E-state index contributed by atoms with van der Waals surface area (Å²) in [7, 11) is 1.52. The molecule has 0 spiro atoms. The van der Waals surface area contributed by atoms with E-state index in [1.54, 1.807) is 18.2 Å². The van der Waals surface area contributed by atoms with Crippen LogP contribution in [0.2, 0.25) is 0 Å². The van der Waals surface area contributed by atoms with Crippen molar-refractivity contribution < 1.29 is 13.9 Å². The first-order chi connectivity index (χ1) is 15.6. The van der Waals surface area contributed by atoms with Crippen LogP contribution in [0.4, 0.5) is 5.95 Å². The molecule has 0 atom stereocenters. The van der Waals surface area contributed by atoms with E-state index in [4.69, 9.17) is 9.15 Å².